The molecule has 154 valence electrons. The lowest BCUT2D eigenvalue weighted by Gasteiger charge is -2.01. The Morgan fingerprint density at radius 3 is 1.23 bits per heavy atom. The molecule has 0 spiro atoms. The first-order valence-corrected chi connectivity index (χ1v) is 11.1. The summed E-state index contributed by atoms with van der Waals surface area (Å²) in [6, 6.07) is 25.4. The van der Waals surface area contributed by atoms with E-state index in [1.54, 1.807) is 0 Å². The lowest BCUT2D eigenvalue weighted by Crippen LogP contribution is -1.85. The van der Waals surface area contributed by atoms with Crippen LogP contribution in [0.2, 0.25) is 0 Å². The highest BCUT2D eigenvalue weighted by molar-refractivity contribution is 5.86. The smallest absolute Gasteiger partial charge is 0.0630 e. The molecule has 0 aliphatic rings. The maximum atomic E-state index is 4.59. The topological polar surface area (TPSA) is 24.7 Å². The summed E-state index contributed by atoms with van der Waals surface area (Å²) in [4.78, 5) is 9.18. The molecular weight excluding hydrogens is 364 g/mol. The fraction of sp³-hybridized carbons (Fsp3) is 0.286. The number of benzene rings is 3. The van der Waals surface area contributed by atoms with Gasteiger partial charge in [-0.2, -0.15) is 0 Å². The molecular formula is C28H32N2. The summed E-state index contributed by atoms with van der Waals surface area (Å²) in [5.74, 6) is 0. The zero-order valence-corrected chi connectivity index (χ0v) is 18.2. The van der Waals surface area contributed by atoms with Gasteiger partial charge in [0.25, 0.3) is 0 Å². The van der Waals surface area contributed by atoms with E-state index in [1.165, 1.54) is 36.8 Å². The van der Waals surface area contributed by atoms with Crippen LogP contribution in [0.3, 0.4) is 0 Å². The van der Waals surface area contributed by atoms with Crippen LogP contribution in [0.4, 0.5) is 11.4 Å². The third kappa shape index (κ3) is 7.11. The molecule has 30 heavy (non-hydrogen) atoms. The predicted molar refractivity (Wildman–Crippen MR) is 131 cm³/mol. The lowest BCUT2D eigenvalue weighted by atomic mass is 10.1. The zero-order chi connectivity index (χ0) is 21.0. The Morgan fingerprint density at radius 1 is 0.533 bits per heavy atom. The number of aliphatic imine (C=N–C) groups is 2. The normalized spacial score (nSPS) is 11.5. The number of nitrogens with zero attached hydrogens (tertiary/aromatic N) is 2. The van der Waals surface area contributed by atoms with Gasteiger partial charge in [-0.15, -0.1) is 0 Å². The van der Waals surface area contributed by atoms with Crippen molar-refractivity contribution < 1.29 is 0 Å². The molecule has 3 aromatic rings. The Hall–Kier alpha value is -3.00. The molecule has 0 N–H and O–H groups in total. The molecule has 0 aromatic heterocycles. The average Bonchev–Trinajstić information content (AvgIpc) is 2.80. The number of hydrogen-bond donors (Lipinski definition) is 0. The molecule has 3 aromatic carbocycles. The van der Waals surface area contributed by atoms with Gasteiger partial charge in [0.15, 0.2) is 0 Å². The van der Waals surface area contributed by atoms with Crippen molar-refractivity contribution in [3.63, 3.8) is 0 Å². The van der Waals surface area contributed by atoms with Gasteiger partial charge in [-0.05, 0) is 72.2 Å². The van der Waals surface area contributed by atoms with Gasteiger partial charge in [-0.25, -0.2) is 0 Å². The lowest BCUT2D eigenvalue weighted by molar-refractivity contribution is 0.795. The summed E-state index contributed by atoms with van der Waals surface area (Å²) in [6.07, 6.45) is 11.1. The summed E-state index contributed by atoms with van der Waals surface area (Å²) in [5, 5.41) is 0. The minimum atomic E-state index is 0.989. The van der Waals surface area contributed by atoms with Crippen molar-refractivity contribution in [1.82, 2.24) is 0 Å². The third-order valence-electron chi connectivity index (χ3n) is 5.17. The first-order valence-electron chi connectivity index (χ1n) is 11.1. The van der Waals surface area contributed by atoms with Crippen molar-refractivity contribution >= 4 is 23.8 Å². The Kier molecular flexibility index (Phi) is 8.59. The Labute approximate surface area is 181 Å². The summed E-state index contributed by atoms with van der Waals surface area (Å²) in [5.41, 5.74) is 6.92. The monoisotopic (exact) mass is 396 g/mol. The first kappa shape index (κ1) is 21.7. The molecule has 2 nitrogen and oxygen atoms in total. The molecule has 0 heterocycles. The molecule has 0 unspecified atom stereocenters. The quantitative estimate of drug-likeness (QED) is 0.311. The summed E-state index contributed by atoms with van der Waals surface area (Å²) in [6.45, 7) is 4.45. The van der Waals surface area contributed by atoms with Gasteiger partial charge in [0.2, 0.25) is 0 Å². The van der Waals surface area contributed by atoms with Crippen LogP contribution in [0.1, 0.15) is 61.8 Å². The average molecular weight is 397 g/mol. The van der Waals surface area contributed by atoms with E-state index < -0.39 is 0 Å². The highest BCUT2D eigenvalue weighted by Crippen LogP contribution is 2.16. The fourth-order valence-electron chi connectivity index (χ4n) is 3.23. The molecule has 0 atom stereocenters. The predicted octanol–water partition coefficient (Wildman–Crippen LogP) is 7.87. The molecule has 0 amide bonds. The molecule has 0 saturated carbocycles. The Morgan fingerprint density at radius 2 is 0.900 bits per heavy atom. The van der Waals surface area contributed by atoms with Crippen LogP contribution in [0.5, 0.6) is 0 Å². The van der Waals surface area contributed by atoms with E-state index in [9.17, 15) is 0 Å². The third-order valence-corrected chi connectivity index (χ3v) is 5.17. The van der Waals surface area contributed by atoms with Crippen LogP contribution in [0.25, 0.3) is 0 Å². The highest BCUT2D eigenvalue weighted by Gasteiger charge is 1.96. The van der Waals surface area contributed by atoms with Gasteiger partial charge in [-0.3, -0.25) is 9.98 Å². The molecule has 0 radical (unpaired) electrons. The van der Waals surface area contributed by atoms with Gasteiger partial charge in [0, 0.05) is 12.4 Å². The SMILES string of the molecule is CCCCc1ccc(/N=C/c2ccc(/C=N/c3ccc(CCCC)cc3)cc2)cc1. The fourth-order valence-corrected chi connectivity index (χ4v) is 3.23. The second-order valence-corrected chi connectivity index (χ2v) is 7.72. The van der Waals surface area contributed by atoms with E-state index in [0.29, 0.717) is 0 Å². The minimum Gasteiger partial charge on any atom is -0.256 e. The van der Waals surface area contributed by atoms with Crippen molar-refractivity contribution in [2.45, 2.75) is 52.4 Å². The summed E-state index contributed by atoms with van der Waals surface area (Å²) >= 11 is 0. The molecule has 0 fully saturated rings. The van der Waals surface area contributed by atoms with Crippen LogP contribution in [-0.4, -0.2) is 12.4 Å². The van der Waals surface area contributed by atoms with E-state index in [1.807, 2.05) is 12.4 Å². The minimum absolute atomic E-state index is 0.989. The second-order valence-electron chi connectivity index (χ2n) is 7.72. The first-order chi connectivity index (χ1) is 14.8. The van der Waals surface area contributed by atoms with Crippen LogP contribution >= 0.6 is 0 Å². The van der Waals surface area contributed by atoms with E-state index in [-0.39, 0.29) is 0 Å². The van der Waals surface area contributed by atoms with Crippen molar-refractivity contribution in [1.29, 1.82) is 0 Å². The van der Waals surface area contributed by atoms with Gasteiger partial charge in [0.05, 0.1) is 11.4 Å². The maximum absolute atomic E-state index is 4.59. The van der Waals surface area contributed by atoms with Crippen molar-refractivity contribution in [3.05, 3.63) is 95.1 Å². The molecule has 0 bridgehead atoms. The Bertz CT molecular complexity index is 853. The zero-order valence-electron chi connectivity index (χ0n) is 18.2. The van der Waals surface area contributed by atoms with E-state index in [2.05, 4.69) is 96.6 Å². The van der Waals surface area contributed by atoms with Crippen molar-refractivity contribution in [3.8, 4) is 0 Å². The molecule has 0 aliphatic carbocycles. The Balaban J connectivity index is 1.55. The van der Waals surface area contributed by atoms with Gasteiger partial charge in [0.1, 0.15) is 0 Å². The maximum Gasteiger partial charge on any atom is 0.0630 e. The number of rotatable bonds is 10. The van der Waals surface area contributed by atoms with Crippen molar-refractivity contribution in [2.24, 2.45) is 9.98 Å². The van der Waals surface area contributed by atoms with Gasteiger partial charge >= 0.3 is 0 Å². The van der Waals surface area contributed by atoms with Crippen LogP contribution in [0, 0.1) is 0 Å². The number of unbranched alkanes of at least 4 members (excludes halogenated alkanes) is 2. The molecule has 0 saturated heterocycles. The summed E-state index contributed by atoms with van der Waals surface area (Å²) in [7, 11) is 0. The number of hydrogen-bond acceptors (Lipinski definition) is 2. The van der Waals surface area contributed by atoms with Crippen LogP contribution in [-0.2, 0) is 12.8 Å². The second kappa shape index (κ2) is 11.9. The number of aryl methyl sites for hydroxylation is 2. The van der Waals surface area contributed by atoms with Crippen LogP contribution < -0.4 is 0 Å². The van der Waals surface area contributed by atoms with E-state index in [4.69, 9.17) is 0 Å². The highest BCUT2D eigenvalue weighted by atomic mass is 14.7. The van der Waals surface area contributed by atoms with Crippen molar-refractivity contribution in [2.75, 3.05) is 0 Å². The van der Waals surface area contributed by atoms with Gasteiger partial charge in [-0.1, -0.05) is 75.2 Å². The molecule has 0 aliphatic heterocycles. The van der Waals surface area contributed by atoms with E-state index >= 15 is 0 Å². The molecule has 2 heteroatoms. The standard InChI is InChI=1S/C28H32N2/c1-3-5-7-23-13-17-27(18-14-23)29-21-25-9-11-26(12-10-25)22-30-28-19-15-24(16-20-28)8-6-4-2/h9-22H,3-8H2,1-2H3/b29-21+,30-22+. The van der Waals surface area contributed by atoms with Gasteiger partial charge < -0.3 is 0 Å². The molecule has 3 rings (SSSR count). The summed E-state index contributed by atoms with van der Waals surface area (Å²) < 4.78 is 0. The van der Waals surface area contributed by atoms with E-state index in [0.717, 1.165) is 35.3 Å². The largest absolute Gasteiger partial charge is 0.256 e. The van der Waals surface area contributed by atoms with Crippen LogP contribution in [0.15, 0.2) is 82.8 Å².